The van der Waals surface area contributed by atoms with E-state index in [4.69, 9.17) is 5.11 Å². The van der Waals surface area contributed by atoms with Crippen LogP contribution in [-0.4, -0.2) is 84.7 Å². The van der Waals surface area contributed by atoms with E-state index >= 15 is 0 Å². The van der Waals surface area contributed by atoms with E-state index in [0.29, 0.717) is 24.4 Å². The lowest BCUT2D eigenvalue weighted by Crippen LogP contribution is -2.48. The molecule has 0 aliphatic carbocycles. The Morgan fingerprint density at radius 2 is 1.91 bits per heavy atom. The number of β-amino-alcohol motifs (C(OH)–C–C–N with tert-alkyl or cyclic N) is 1. The third kappa shape index (κ3) is 5.73. The average molecular weight is 325 g/mol. The minimum Gasteiger partial charge on any atom is -0.395 e. The van der Waals surface area contributed by atoms with Gasteiger partial charge in [0, 0.05) is 25.7 Å². The summed E-state index contributed by atoms with van der Waals surface area (Å²) in [6, 6.07) is 0.464. The molecule has 0 spiro atoms. The van der Waals surface area contributed by atoms with Crippen molar-refractivity contribution in [1.82, 2.24) is 14.7 Å². The van der Waals surface area contributed by atoms with E-state index in [1.54, 1.807) is 0 Å². The Kier molecular flexibility index (Phi) is 7.80. The lowest BCUT2D eigenvalue weighted by molar-refractivity contribution is -0.136. The zero-order valence-electron chi connectivity index (χ0n) is 15.0. The number of hydrogen-bond donors (Lipinski definition) is 1. The van der Waals surface area contributed by atoms with Gasteiger partial charge in [0.05, 0.1) is 13.2 Å². The fraction of sp³-hybridized carbons (Fsp3) is 0.944. The van der Waals surface area contributed by atoms with Crippen molar-refractivity contribution in [2.24, 2.45) is 5.92 Å². The summed E-state index contributed by atoms with van der Waals surface area (Å²) in [7, 11) is 2.09. The molecular formula is C18H35N3O2. The molecule has 1 unspecified atom stereocenters. The summed E-state index contributed by atoms with van der Waals surface area (Å²) in [6.07, 6.45) is 7.05. The molecule has 2 fully saturated rings. The summed E-state index contributed by atoms with van der Waals surface area (Å²) in [4.78, 5) is 19.3. The van der Waals surface area contributed by atoms with Gasteiger partial charge in [0.2, 0.25) is 5.91 Å². The van der Waals surface area contributed by atoms with Crippen LogP contribution in [0.15, 0.2) is 0 Å². The SMILES string of the molecule is CCC1CCCCN1C(=O)CN(C)CC1CCN(CCO)CC1. The van der Waals surface area contributed by atoms with Gasteiger partial charge < -0.3 is 14.9 Å². The number of nitrogens with zero attached hydrogens (tertiary/aromatic N) is 3. The Balaban J connectivity index is 1.72. The Labute approximate surface area is 141 Å². The minimum absolute atomic E-state index is 0.257. The number of carbonyl (C=O) groups is 1. The molecule has 5 heteroatoms. The third-order valence-corrected chi connectivity index (χ3v) is 5.52. The first-order valence-corrected chi connectivity index (χ1v) is 9.45. The molecule has 0 bridgehead atoms. The summed E-state index contributed by atoms with van der Waals surface area (Å²) in [5, 5.41) is 9.00. The highest BCUT2D eigenvalue weighted by Crippen LogP contribution is 2.21. The molecule has 134 valence electrons. The van der Waals surface area contributed by atoms with Crippen LogP contribution < -0.4 is 0 Å². The number of amides is 1. The van der Waals surface area contributed by atoms with Crippen LogP contribution in [0.1, 0.15) is 45.4 Å². The van der Waals surface area contributed by atoms with Crippen LogP contribution >= 0.6 is 0 Å². The molecule has 2 heterocycles. The predicted molar refractivity (Wildman–Crippen MR) is 93.4 cm³/mol. The third-order valence-electron chi connectivity index (χ3n) is 5.52. The predicted octanol–water partition coefficient (Wildman–Crippen LogP) is 1.41. The molecule has 1 amide bonds. The van der Waals surface area contributed by atoms with Gasteiger partial charge in [0.25, 0.3) is 0 Å². The van der Waals surface area contributed by atoms with E-state index in [1.165, 1.54) is 25.7 Å². The number of aliphatic hydroxyl groups is 1. The van der Waals surface area contributed by atoms with Crippen molar-refractivity contribution >= 4 is 5.91 Å². The van der Waals surface area contributed by atoms with E-state index in [0.717, 1.165) is 45.6 Å². The maximum absolute atomic E-state index is 12.6. The maximum Gasteiger partial charge on any atom is 0.236 e. The minimum atomic E-state index is 0.257. The molecule has 2 aliphatic heterocycles. The number of carbonyl (C=O) groups excluding carboxylic acids is 1. The number of rotatable bonds is 7. The monoisotopic (exact) mass is 325 g/mol. The molecule has 0 saturated carbocycles. The fourth-order valence-corrected chi connectivity index (χ4v) is 4.11. The van der Waals surface area contributed by atoms with Crippen molar-refractivity contribution in [3.63, 3.8) is 0 Å². The van der Waals surface area contributed by atoms with Crippen LogP contribution in [0.5, 0.6) is 0 Å². The van der Waals surface area contributed by atoms with Crippen molar-refractivity contribution in [2.45, 2.75) is 51.5 Å². The molecular weight excluding hydrogens is 290 g/mol. The number of aliphatic hydroxyl groups excluding tert-OH is 1. The molecule has 2 aliphatic rings. The summed E-state index contributed by atoms with van der Waals surface area (Å²) in [5.74, 6) is 1.00. The topological polar surface area (TPSA) is 47.0 Å². The van der Waals surface area contributed by atoms with Gasteiger partial charge in [-0.2, -0.15) is 0 Å². The molecule has 2 saturated heterocycles. The lowest BCUT2D eigenvalue weighted by atomic mass is 9.96. The summed E-state index contributed by atoms with van der Waals surface area (Å²) in [6.45, 7) is 7.94. The number of hydrogen-bond acceptors (Lipinski definition) is 4. The molecule has 1 atom stereocenters. The van der Waals surface area contributed by atoms with E-state index in [2.05, 4.69) is 28.7 Å². The van der Waals surface area contributed by atoms with E-state index in [1.807, 2.05) is 0 Å². The van der Waals surface area contributed by atoms with E-state index in [-0.39, 0.29) is 6.61 Å². The van der Waals surface area contributed by atoms with Crippen LogP contribution in [0.2, 0.25) is 0 Å². The summed E-state index contributed by atoms with van der Waals surface area (Å²) in [5.41, 5.74) is 0. The zero-order valence-corrected chi connectivity index (χ0v) is 15.0. The molecule has 0 aromatic rings. The van der Waals surface area contributed by atoms with E-state index in [9.17, 15) is 4.79 Å². The Morgan fingerprint density at radius 1 is 1.17 bits per heavy atom. The van der Waals surface area contributed by atoms with Gasteiger partial charge in [0.15, 0.2) is 0 Å². The van der Waals surface area contributed by atoms with Gasteiger partial charge in [-0.25, -0.2) is 0 Å². The van der Waals surface area contributed by atoms with Crippen LogP contribution in [0.25, 0.3) is 0 Å². The lowest BCUT2D eigenvalue weighted by Gasteiger charge is -2.37. The standard InChI is InChI=1S/C18H35N3O2/c1-3-17-6-4-5-9-21(17)18(23)15-19(2)14-16-7-10-20(11-8-16)12-13-22/h16-17,22H,3-15H2,1-2H3. The van der Waals surface area contributed by atoms with Crippen LogP contribution in [0.3, 0.4) is 0 Å². The molecule has 0 aromatic carbocycles. The van der Waals surface area contributed by atoms with Crippen molar-refractivity contribution in [3.8, 4) is 0 Å². The first kappa shape index (κ1) is 18.7. The normalized spacial score (nSPS) is 24.3. The molecule has 2 rings (SSSR count). The smallest absolute Gasteiger partial charge is 0.236 e. The van der Waals surface area contributed by atoms with Crippen molar-refractivity contribution in [3.05, 3.63) is 0 Å². The maximum atomic E-state index is 12.6. The zero-order chi connectivity index (χ0) is 16.7. The Hall–Kier alpha value is -0.650. The van der Waals surface area contributed by atoms with Crippen molar-refractivity contribution in [2.75, 3.05) is 52.9 Å². The van der Waals surface area contributed by atoms with Gasteiger partial charge in [-0.05, 0) is 64.6 Å². The number of piperidine rings is 2. The van der Waals surface area contributed by atoms with Gasteiger partial charge in [-0.1, -0.05) is 6.92 Å². The van der Waals surface area contributed by atoms with Crippen molar-refractivity contribution in [1.29, 1.82) is 0 Å². The molecule has 23 heavy (non-hydrogen) atoms. The second-order valence-electron chi connectivity index (χ2n) is 7.35. The number of likely N-dealkylation sites (tertiary alicyclic amines) is 2. The molecule has 0 aromatic heterocycles. The first-order chi connectivity index (χ1) is 11.1. The summed E-state index contributed by atoms with van der Waals surface area (Å²) < 4.78 is 0. The molecule has 0 radical (unpaired) electrons. The average Bonchev–Trinajstić information content (AvgIpc) is 2.56. The Bertz CT molecular complexity index is 356. The highest BCUT2D eigenvalue weighted by atomic mass is 16.3. The molecule has 1 N–H and O–H groups in total. The van der Waals surface area contributed by atoms with E-state index < -0.39 is 0 Å². The second-order valence-corrected chi connectivity index (χ2v) is 7.35. The largest absolute Gasteiger partial charge is 0.395 e. The molecule has 5 nitrogen and oxygen atoms in total. The van der Waals surface area contributed by atoms with Crippen LogP contribution in [-0.2, 0) is 4.79 Å². The highest BCUT2D eigenvalue weighted by Gasteiger charge is 2.27. The first-order valence-electron chi connectivity index (χ1n) is 9.45. The van der Waals surface area contributed by atoms with Crippen molar-refractivity contribution < 1.29 is 9.90 Å². The quantitative estimate of drug-likeness (QED) is 0.769. The van der Waals surface area contributed by atoms with Gasteiger partial charge in [-0.3, -0.25) is 9.69 Å². The van der Waals surface area contributed by atoms with Crippen LogP contribution in [0.4, 0.5) is 0 Å². The fourth-order valence-electron chi connectivity index (χ4n) is 4.11. The second kappa shape index (κ2) is 9.60. The van der Waals surface area contributed by atoms with Gasteiger partial charge in [-0.15, -0.1) is 0 Å². The Morgan fingerprint density at radius 3 is 2.57 bits per heavy atom. The van der Waals surface area contributed by atoms with Crippen LogP contribution in [0, 0.1) is 5.92 Å². The highest BCUT2D eigenvalue weighted by molar-refractivity contribution is 5.78. The number of likely N-dealkylation sites (N-methyl/N-ethyl adjacent to an activating group) is 1. The summed E-state index contributed by atoms with van der Waals surface area (Å²) >= 11 is 0. The van der Waals surface area contributed by atoms with Gasteiger partial charge >= 0.3 is 0 Å². The van der Waals surface area contributed by atoms with Gasteiger partial charge in [0.1, 0.15) is 0 Å².